The minimum atomic E-state index is -1.27. The van der Waals surface area contributed by atoms with Crippen LogP contribution in [0.3, 0.4) is 0 Å². The van der Waals surface area contributed by atoms with Crippen molar-refractivity contribution in [3.8, 4) is 11.5 Å². The number of aromatic carboxylic acids is 1. The summed E-state index contributed by atoms with van der Waals surface area (Å²) in [6.07, 6.45) is 0.694. The first-order valence-electron chi connectivity index (χ1n) is 9.20. The second-order valence-electron chi connectivity index (χ2n) is 7.49. The molecule has 2 fully saturated rings. The number of carbonyl (C=O) groups excluding carboxylic acids is 2. The summed E-state index contributed by atoms with van der Waals surface area (Å²) >= 11 is 0. The molecule has 0 aromatic heterocycles. The Kier molecular flexibility index (Phi) is 5.73. The summed E-state index contributed by atoms with van der Waals surface area (Å²) in [5.41, 5.74) is -0.277. The number of nitrogens with one attached hydrogen (secondary N) is 1. The van der Waals surface area contributed by atoms with E-state index >= 15 is 0 Å². The fourth-order valence-corrected chi connectivity index (χ4v) is 3.57. The summed E-state index contributed by atoms with van der Waals surface area (Å²) in [5.74, 6) is -1.39. The van der Waals surface area contributed by atoms with Gasteiger partial charge in [0.1, 0.15) is 23.2 Å². The van der Waals surface area contributed by atoms with Crippen molar-refractivity contribution in [2.45, 2.75) is 25.0 Å². The standard InChI is InChI=1S/C19H25N3O6/c1-21(2)18(25)13-6-11(8-20-13)7-16(24)22-9-12(10-22)28-15-5-3-4-14(23)17(15)19(26)27/h3-5,11-13,20,23H,6-10H2,1-2H3,(H,26,27)/t11-,13+/m1/s1. The van der Waals surface area contributed by atoms with Gasteiger partial charge in [-0.25, -0.2) is 4.79 Å². The molecular formula is C19H25N3O6. The van der Waals surface area contributed by atoms with Crippen molar-refractivity contribution in [3.63, 3.8) is 0 Å². The van der Waals surface area contributed by atoms with Crippen LogP contribution >= 0.6 is 0 Å². The van der Waals surface area contributed by atoms with Gasteiger partial charge in [-0.1, -0.05) is 6.07 Å². The molecule has 2 aliphatic heterocycles. The number of likely N-dealkylation sites (tertiary alicyclic amines) is 1. The van der Waals surface area contributed by atoms with Crippen LogP contribution in [-0.4, -0.2) is 83.7 Å². The van der Waals surface area contributed by atoms with Crippen LogP contribution in [0.5, 0.6) is 11.5 Å². The van der Waals surface area contributed by atoms with Crippen LogP contribution in [0.2, 0.25) is 0 Å². The highest BCUT2D eigenvalue weighted by atomic mass is 16.5. The van der Waals surface area contributed by atoms with E-state index in [-0.39, 0.29) is 46.9 Å². The van der Waals surface area contributed by atoms with Crippen LogP contribution in [0, 0.1) is 5.92 Å². The Morgan fingerprint density at radius 1 is 1.29 bits per heavy atom. The van der Waals surface area contributed by atoms with E-state index in [4.69, 9.17) is 4.74 Å². The number of carbonyl (C=O) groups is 3. The van der Waals surface area contributed by atoms with Crippen LogP contribution in [0.1, 0.15) is 23.2 Å². The maximum absolute atomic E-state index is 12.4. The Morgan fingerprint density at radius 2 is 2.00 bits per heavy atom. The monoisotopic (exact) mass is 391 g/mol. The zero-order valence-electron chi connectivity index (χ0n) is 15.9. The van der Waals surface area contributed by atoms with Gasteiger partial charge in [-0.15, -0.1) is 0 Å². The van der Waals surface area contributed by atoms with Gasteiger partial charge in [0.15, 0.2) is 0 Å². The van der Waals surface area contributed by atoms with E-state index in [0.717, 1.165) is 0 Å². The number of carboxylic acids is 1. The Hall–Kier alpha value is -2.81. The van der Waals surface area contributed by atoms with Crippen molar-refractivity contribution in [1.82, 2.24) is 15.1 Å². The summed E-state index contributed by atoms with van der Waals surface area (Å²) in [6, 6.07) is 4.05. The van der Waals surface area contributed by atoms with Gasteiger partial charge in [0.05, 0.1) is 19.1 Å². The van der Waals surface area contributed by atoms with Crippen molar-refractivity contribution in [3.05, 3.63) is 23.8 Å². The average molecular weight is 391 g/mol. The SMILES string of the molecule is CN(C)C(=O)[C@@H]1C[C@H](CC(=O)N2CC(Oc3cccc(O)c3C(=O)O)C2)CN1. The summed E-state index contributed by atoms with van der Waals surface area (Å²) in [6.45, 7) is 1.37. The van der Waals surface area contributed by atoms with Gasteiger partial charge >= 0.3 is 5.97 Å². The molecular weight excluding hydrogens is 366 g/mol. The molecule has 2 saturated heterocycles. The number of rotatable bonds is 6. The smallest absolute Gasteiger partial charge is 0.343 e. The average Bonchev–Trinajstić information content (AvgIpc) is 3.04. The van der Waals surface area contributed by atoms with Gasteiger partial charge in [-0.05, 0) is 31.0 Å². The fraction of sp³-hybridized carbons (Fsp3) is 0.526. The van der Waals surface area contributed by atoms with Gasteiger partial charge < -0.3 is 30.1 Å². The van der Waals surface area contributed by atoms with Crippen molar-refractivity contribution < 1.29 is 29.3 Å². The second-order valence-corrected chi connectivity index (χ2v) is 7.49. The van der Waals surface area contributed by atoms with Gasteiger partial charge in [0.2, 0.25) is 11.8 Å². The van der Waals surface area contributed by atoms with Gasteiger partial charge in [0.25, 0.3) is 0 Å². The van der Waals surface area contributed by atoms with E-state index in [1.54, 1.807) is 23.9 Å². The second kappa shape index (κ2) is 8.05. The van der Waals surface area contributed by atoms with Crippen molar-refractivity contribution in [2.75, 3.05) is 33.7 Å². The van der Waals surface area contributed by atoms with Crippen LogP contribution in [-0.2, 0) is 9.59 Å². The lowest BCUT2D eigenvalue weighted by atomic mass is 9.99. The van der Waals surface area contributed by atoms with E-state index in [1.165, 1.54) is 18.2 Å². The molecule has 3 N–H and O–H groups in total. The number of carboxylic acid groups (broad SMARTS) is 1. The fourth-order valence-electron chi connectivity index (χ4n) is 3.57. The number of ether oxygens (including phenoxy) is 1. The van der Waals surface area contributed by atoms with E-state index in [9.17, 15) is 24.6 Å². The topological polar surface area (TPSA) is 119 Å². The summed E-state index contributed by atoms with van der Waals surface area (Å²) in [4.78, 5) is 38.9. The van der Waals surface area contributed by atoms with Crippen molar-refractivity contribution >= 4 is 17.8 Å². The van der Waals surface area contributed by atoms with E-state index in [0.29, 0.717) is 32.5 Å². The summed E-state index contributed by atoms with van der Waals surface area (Å²) in [5, 5.41) is 22.1. The molecule has 2 aliphatic rings. The third-order valence-corrected chi connectivity index (χ3v) is 5.14. The van der Waals surface area contributed by atoms with Crippen LogP contribution in [0.15, 0.2) is 18.2 Å². The lowest BCUT2D eigenvalue weighted by Crippen LogP contribution is -2.56. The third-order valence-electron chi connectivity index (χ3n) is 5.14. The van der Waals surface area contributed by atoms with E-state index in [2.05, 4.69) is 5.32 Å². The molecule has 2 heterocycles. The maximum Gasteiger partial charge on any atom is 0.343 e. The van der Waals surface area contributed by atoms with Crippen LogP contribution in [0.4, 0.5) is 0 Å². The molecule has 0 aliphatic carbocycles. The Balaban J connectivity index is 1.47. The lowest BCUT2D eigenvalue weighted by molar-refractivity contribution is -0.141. The molecule has 0 saturated carbocycles. The molecule has 1 aromatic carbocycles. The molecule has 2 amide bonds. The molecule has 2 atom stereocenters. The molecule has 9 nitrogen and oxygen atoms in total. The third kappa shape index (κ3) is 4.19. The Labute approximate surface area is 162 Å². The minimum Gasteiger partial charge on any atom is -0.507 e. The van der Waals surface area contributed by atoms with Gasteiger partial charge in [-0.2, -0.15) is 0 Å². The molecule has 152 valence electrons. The highest BCUT2D eigenvalue weighted by Crippen LogP contribution is 2.30. The molecule has 0 radical (unpaired) electrons. The quantitative estimate of drug-likeness (QED) is 0.631. The number of amides is 2. The van der Waals surface area contributed by atoms with Gasteiger partial charge in [0, 0.05) is 20.5 Å². The number of aromatic hydroxyl groups is 1. The predicted molar refractivity (Wildman–Crippen MR) is 99.3 cm³/mol. The first-order chi connectivity index (χ1) is 13.3. The predicted octanol–water partition coefficient (Wildman–Crippen LogP) is 0.136. The first kappa shape index (κ1) is 19.9. The highest BCUT2D eigenvalue weighted by Gasteiger charge is 2.37. The molecule has 28 heavy (non-hydrogen) atoms. The highest BCUT2D eigenvalue weighted by molar-refractivity contribution is 5.94. The number of benzene rings is 1. The number of phenols is 1. The largest absolute Gasteiger partial charge is 0.507 e. The van der Waals surface area contributed by atoms with Crippen molar-refractivity contribution in [1.29, 1.82) is 0 Å². The van der Waals surface area contributed by atoms with Crippen LogP contribution in [0.25, 0.3) is 0 Å². The molecule has 0 unspecified atom stereocenters. The van der Waals surface area contributed by atoms with E-state index < -0.39 is 5.97 Å². The zero-order chi connectivity index (χ0) is 20.4. The van der Waals surface area contributed by atoms with Crippen molar-refractivity contribution in [2.24, 2.45) is 5.92 Å². The summed E-state index contributed by atoms with van der Waals surface area (Å²) < 4.78 is 5.65. The Bertz CT molecular complexity index is 775. The van der Waals surface area contributed by atoms with Gasteiger partial charge in [-0.3, -0.25) is 9.59 Å². The molecule has 1 aromatic rings. The number of hydrogen-bond donors (Lipinski definition) is 3. The maximum atomic E-state index is 12.4. The minimum absolute atomic E-state index is 0.000955. The Morgan fingerprint density at radius 3 is 2.64 bits per heavy atom. The lowest BCUT2D eigenvalue weighted by Gasteiger charge is -2.39. The van der Waals surface area contributed by atoms with E-state index in [1.807, 2.05) is 0 Å². The normalized spacial score (nSPS) is 21.9. The number of likely N-dealkylation sites (N-methyl/N-ethyl adjacent to an activating group) is 1. The number of hydrogen-bond acceptors (Lipinski definition) is 6. The zero-order valence-corrected chi connectivity index (χ0v) is 15.9. The molecule has 0 spiro atoms. The number of nitrogens with zero attached hydrogens (tertiary/aromatic N) is 2. The molecule has 3 rings (SSSR count). The first-order valence-corrected chi connectivity index (χ1v) is 9.20. The molecule has 0 bridgehead atoms. The molecule has 9 heteroatoms. The van der Waals surface area contributed by atoms with Crippen LogP contribution < -0.4 is 10.1 Å². The summed E-state index contributed by atoms with van der Waals surface area (Å²) in [7, 11) is 3.43.